The Morgan fingerprint density at radius 2 is 1.82 bits per heavy atom. The lowest BCUT2D eigenvalue weighted by molar-refractivity contribution is 0.0263. The second-order valence-corrected chi connectivity index (χ2v) is 10.1. The van der Waals surface area contributed by atoms with Gasteiger partial charge >= 0.3 is 6.03 Å². The monoisotopic (exact) mass is 619 g/mol. The minimum Gasteiger partial charge on any atom is -0.497 e. The second-order valence-electron chi connectivity index (χ2n) is 9.73. The lowest BCUT2D eigenvalue weighted by atomic mass is 10.1. The van der Waals surface area contributed by atoms with Gasteiger partial charge in [-0.25, -0.2) is 9.78 Å². The van der Waals surface area contributed by atoms with E-state index in [2.05, 4.69) is 36.6 Å². The number of carbonyl (C=O) groups is 1. The van der Waals surface area contributed by atoms with Crippen LogP contribution in [-0.4, -0.2) is 57.0 Å². The number of rotatable bonds is 11. The Labute approximate surface area is 260 Å². The third-order valence-electron chi connectivity index (χ3n) is 6.81. The fourth-order valence-electron chi connectivity index (χ4n) is 4.60. The van der Waals surface area contributed by atoms with Gasteiger partial charge in [0, 0.05) is 48.7 Å². The van der Waals surface area contributed by atoms with Crippen LogP contribution in [0.5, 0.6) is 17.2 Å². The zero-order valence-electron chi connectivity index (χ0n) is 24.6. The third kappa shape index (κ3) is 7.78. The van der Waals surface area contributed by atoms with Gasteiger partial charge in [0.15, 0.2) is 5.82 Å². The van der Waals surface area contributed by atoms with Crippen LogP contribution in [-0.2, 0) is 11.3 Å². The first-order chi connectivity index (χ1) is 21.4. The van der Waals surface area contributed by atoms with E-state index in [0.717, 1.165) is 29.1 Å². The summed E-state index contributed by atoms with van der Waals surface area (Å²) >= 11 is 6.43. The Bertz CT molecular complexity index is 1600. The van der Waals surface area contributed by atoms with Crippen LogP contribution in [0.2, 0.25) is 5.02 Å². The van der Waals surface area contributed by atoms with Crippen LogP contribution >= 0.6 is 11.6 Å². The maximum atomic E-state index is 12.5. The number of aromatic nitrogens is 2. The molecule has 0 radical (unpaired) electrons. The summed E-state index contributed by atoms with van der Waals surface area (Å²) in [6.45, 7) is 2.53. The van der Waals surface area contributed by atoms with Crippen LogP contribution in [0.3, 0.4) is 0 Å². The van der Waals surface area contributed by atoms with E-state index in [4.69, 9.17) is 30.5 Å². The van der Waals surface area contributed by atoms with E-state index < -0.39 is 0 Å². The molecule has 0 saturated carbocycles. The summed E-state index contributed by atoms with van der Waals surface area (Å²) in [6.07, 6.45) is 1.41. The molecule has 1 unspecified atom stereocenters. The third-order valence-corrected chi connectivity index (χ3v) is 7.08. The van der Waals surface area contributed by atoms with Crippen LogP contribution in [0.4, 0.5) is 33.6 Å². The topological polar surface area (TPSA) is 140 Å². The molecule has 230 valence electrons. The van der Waals surface area contributed by atoms with Gasteiger partial charge in [0.25, 0.3) is 0 Å². The number of nitrogens with zero attached hydrogens (tertiary/aromatic N) is 2. The molecule has 1 aromatic heterocycles. The van der Waals surface area contributed by atoms with Crippen molar-refractivity contribution in [3.63, 3.8) is 0 Å². The van der Waals surface area contributed by atoms with Crippen molar-refractivity contribution < 1.29 is 23.7 Å². The molecule has 0 spiro atoms. The molecule has 0 bridgehead atoms. The smallest absolute Gasteiger partial charge is 0.319 e. The van der Waals surface area contributed by atoms with Crippen LogP contribution in [0.15, 0.2) is 66.9 Å². The second kappa shape index (κ2) is 14.6. The van der Waals surface area contributed by atoms with E-state index in [9.17, 15) is 4.79 Å². The number of nitrogens with one attached hydrogen (secondary N) is 5. The van der Waals surface area contributed by atoms with E-state index in [1.165, 1.54) is 13.3 Å². The summed E-state index contributed by atoms with van der Waals surface area (Å²) in [6, 6.07) is 18.1. The van der Waals surface area contributed by atoms with E-state index in [0.29, 0.717) is 53.4 Å². The van der Waals surface area contributed by atoms with Crippen LogP contribution < -0.4 is 40.8 Å². The lowest BCUT2D eigenvalue weighted by Gasteiger charge is -2.25. The molecule has 0 aliphatic carbocycles. The number of carbonyl (C=O) groups excluding carboxylic acids is 1. The summed E-state index contributed by atoms with van der Waals surface area (Å²) in [4.78, 5) is 21.4. The van der Waals surface area contributed by atoms with Crippen molar-refractivity contribution in [2.75, 3.05) is 57.0 Å². The lowest BCUT2D eigenvalue weighted by Crippen LogP contribution is -2.33. The molecule has 1 aliphatic rings. The minimum atomic E-state index is -0.361. The Kier molecular flexibility index (Phi) is 10.2. The molecule has 44 heavy (non-hydrogen) atoms. The maximum Gasteiger partial charge on any atom is 0.319 e. The number of ether oxygens (including phenoxy) is 4. The van der Waals surface area contributed by atoms with Crippen molar-refractivity contribution in [2.45, 2.75) is 12.6 Å². The zero-order chi connectivity index (χ0) is 30.9. The van der Waals surface area contributed by atoms with Crippen molar-refractivity contribution in [3.05, 3.63) is 83.0 Å². The Balaban J connectivity index is 1.24. The SMILES string of the molecule is COc1cccc(CNC(=O)Nc2ccc(Nc3ncc(Cl)c(Nc4ccc(C5CNCCO5)c(OC)c4)n3)c(OC)c2)c1. The first kappa shape index (κ1) is 30.7. The number of halogens is 1. The predicted octanol–water partition coefficient (Wildman–Crippen LogP) is 5.63. The molecule has 1 atom stereocenters. The van der Waals surface area contributed by atoms with Gasteiger partial charge in [-0.3, -0.25) is 0 Å². The highest BCUT2D eigenvalue weighted by Crippen LogP contribution is 2.34. The Hall–Kier alpha value is -4.78. The summed E-state index contributed by atoms with van der Waals surface area (Å²) in [5.74, 6) is 2.59. The first-order valence-corrected chi connectivity index (χ1v) is 14.3. The number of urea groups is 1. The molecule has 2 amide bonds. The fraction of sp³-hybridized carbons (Fsp3) is 0.258. The van der Waals surface area contributed by atoms with Gasteiger partial charge in [0.05, 0.1) is 45.9 Å². The van der Waals surface area contributed by atoms with E-state index >= 15 is 0 Å². The van der Waals surface area contributed by atoms with Crippen molar-refractivity contribution in [1.82, 2.24) is 20.6 Å². The Morgan fingerprint density at radius 3 is 2.59 bits per heavy atom. The van der Waals surface area contributed by atoms with E-state index in [1.54, 1.807) is 32.4 Å². The number of hydrogen-bond donors (Lipinski definition) is 5. The highest BCUT2D eigenvalue weighted by molar-refractivity contribution is 6.32. The summed E-state index contributed by atoms with van der Waals surface area (Å²) < 4.78 is 22.3. The van der Waals surface area contributed by atoms with Crippen molar-refractivity contribution in [2.24, 2.45) is 0 Å². The number of amides is 2. The van der Waals surface area contributed by atoms with Crippen LogP contribution in [0, 0.1) is 0 Å². The number of anilines is 5. The molecular formula is C31H34ClN7O5. The average molecular weight is 620 g/mol. The van der Waals surface area contributed by atoms with Crippen molar-refractivity contribution in [3.8, 4) is 17.2 Å². The molecule has 1 aliphatic heterocycles. The number of methoxy groups -OCH3 is 3. The van der Waals surface area contributed by atoms with Gasteiger partial charge in [0.1, 0.15) is 22.3 Å². The number of hydrogen-bond acceptors (Lipinski definition) is 10. The molecule has 5 N–H and O–H groups in total. The highest BCUT2D eigenvalue weighted by atomic mass is 35.5. The summed E-state index contributed by atoms with van der Waals surface area (Å²) in [7, 11) is 4.76. The molecular weight excluding hydrogens is 586 g/mol. The molecule has 13 heteroatoms. The molecule has 1 saturated heterocycles. The molecule has 3 aromatic carbocycles. The fourth-order valence-corrected chi connectivity index (χ4v) is 4.74. The molecule has 4 aromatic rings. The average Bonchev–Trinajstić information content (AvgIpc) is 3.06. The Morgan fingerprint density at radius 1 is 1.00 bits per heavy atom. The minimum absolute atomic E-state index is 0.0870. The van der Waals surface area contributed by atoms with Gasteiger partial charge in [-0.05, 0) is 35.9 Å². The normalized spacial score (nSPS) is 14.3. The zero-order valence-corrected chi connectivity index (χ0v) is 25.3. The van der Waals surface area contributed by atoms with Gasteiger partial charge in [-0.2, -0.15) is 4.98 Å². The largest absolute Gasteiger partial charge is 0.497 e. The van der Waals surface area contributed by atoms with E-state index in [-0.39, 0.29) is 18.1 Å². The summed E-state index contributed by atoms with van der Waals surface area (Å²) in [5.41, 5.74) is 3.74. The number of morpholine rings is 1. The standard InChI is InChI=1S/C31H34ClN7O5/c1-41-22-6-4-5-19(13-22)16-35-31(40)37-21-8-10-25(27(15-21)43-3)38-30-34-17-24(32)29(39-30)36-20-7-9-23(26(14-20)42-2)28-18-33-11-12-44-28/h4-10,13-15,17,28,33H,11-12,16,18H2,1-3H3,(H2,35,37,40)(H2,34,36,38,39). The quantitative estimate of drug-likeness (QED) is 0.144. The van der Waals surface area contributed by atoms with Crippen LogP contribution in [0.25, 0.3) is 0 Å². The number of benzene rings is 3. The van der Waals surface area contributed by atoms with Crippen molar-refractivity contribution in [1.29, 1.82) is 0 Å². The summed E-state index contributed by atoms with van der Waals surface area (Å²) in [5, 5.41) is 15.7. The van der Waals surface area contributed by atoms with Gasteiger partial charge in [-0.15, -0.1) is 0 Å². The first-order valence-electron chi connectivity index (χ1n) is 13.9. The van der Waals surface area contributed by atoms with Gasteiger partial charge in [0.2, 0.25) is 5.95 Å². The van der Waals surface area contributed by atoms with Crippen LogP contribution in [0.1, 0.15) is 17.2 Å². The molecule has 2 heterocycles. The molecule has 12 nitrogen and oxygen atoms in total. The maximum absolute atomic E-state index is 12.5. The van der Waals surface area contributed by atoms with Crippen molar-refractivity contribution >= 4 is 46.5 Å². The molecule has 1 fully saturated rings. The van der Waals surface area contributed by atoms with Gasteiger partial charge < -0.3 is 45.5 Å². The predicted molar refractivity (Wildman–Crippen MR) is 170 cm³/mol. The van der Waals surface area contributed by atoms with E-state index in [1.807, 2.05) is 42.5 Å². The highest BCUT2D eigenvalue weighted by Gasteiger charge is 2.20. The van der Waals surface area contributed by atoms with Gasteiger partial charge in [-0.1, -0.05) is 29.8 Å². The molecule has 5 rings (SSSR count).